The van der Waals surface area contributed by atoms with Crippen molar-refractivity contribution >= 4 is 22.9 Å². The van der Waals surface area contributed by atoms with E-state index in [1.165, 1.54) is 0 Å². The first-order chi connectivity index (χ1) is 4.20. The number of amides is 2. The fourth-order valence-electron chi connectivity index (χ4n) is 0.393. The van der Waals surface area contributed by atoms with Gasteiger partial charge >= 0.3 is 5.37 Å². The van der Waals surface area contributed by atoms with Gasteiger partial charge in [0.1, 0.15) is 6.54 Å². The molecule has 0 aliphatic carbocycles. The topological polar surface area (TPSA) is 62.1 Å². The quantitative estimate of drug-likeness (QED) is 0.371. The summed E-state index contributed by atoms with van der Waals surface area (Å²) in [7, 11) is 0. The van der Waals surface area contributed by atoms with Crippen molar-refractivity contribution in [2.45, 2.75) is 0 Å². The predicted octanol–water partition coefficient (Wildman–Crippen LogP) is 0.555. The third kappa shape index (κ3) is 1.23. The minimum Gasteiger partial charge on any atom is -0.269 e. The molecular weight excluding hydrogens is 146 g/mol. The van der Waals surface area contributed by atoms with Gasteiger partial charge in [-0.25, -0.2) is 0 Å². The molecule has 5 nitrogen and oxygen atoms in total. The van der Waals surface area contributed by atoms with Gasteiger partial charge in [0.05, 0.1) is 0 Å². The number of hydrogen-bond acceptors (Lipinski definition) is 3. The van der Waals surface area contributed by atoms with Crippen molar-refractivity contribution in [3.05, 3.63) is 0 Å². The summed E-state index contributed by atoms with van der Waals surface area (Å²) in [6.45, 7) is -0.137. The smallest absolute Gasteiger partial charge is 0.269 e. The van der Waals surface area contributed by atoms with Crippen molar-refractivity contribution in [1.82, 2.24) is 5.01 Å². The maximum Gasteiger partial charge on any atom is 0.338 e. The fourth-order valence-corrected chi connectivity index (χ4v) is 0.486. The molecule has 0 saturated heterocycles. The van der Waals surface area contributed by atoms with Gasteiger partial charge in [0.25, 0.3) is 5.91 Å². The van der Waals surface area contributed by atoms with Crippen LogP contribution in [0.2, 0.25) is 0 Å². The molecule has 0 atom stereocenters. The highest BCUT2D eigenvalue weighted by atomic mass is 35.5. The second-order valence-electron chi connectivity index (χ2n) is 1.39. The molecule has 6 heteroatoms. The second-order valence-corrected chi connectivity index (χ2v) is 1.72. The minimum absolute atomic E-state index is 0.137. The highest BCUT2D eigenvalue weighted by Gasteiger charge is 2.19. The van der Waals surface area contributed by atoms with E-state index in [9.17, 15) is 9.59 Å². The first-order valence-electron chi connectivity index (χ1n) is 2.11. The fraction of sp³-hybridized carbons (Fsp3) is 0.333. The van der Waals surface area contributed by atoms with E-state index in [1.54, 1.807) is 0 Å². The molecule has 1 rings (SSSR count). The van der Waals surface area contributed by atoms with Gasteiger partial charge in [-0.3, -0.25) is 9.59 Å². The predicted molar refractivity (Wildman–Crippen MR) is 27.8 cm³/mol. The molecule has 0 radical (unpaired) electrons. The zero-order chi connectivity index (χ0) is 6.85. The first-order valence-corrected chi connectivity index (χ1v) is 2.49. The van der Waals surface area contributed by atoms with E-state index in [-0.39, 0.29) is 6.54 Å². The summed E-state index contributed by atoms with van der Waals surface area (Å²) in [6.07, 6.45) is 0. The molecule has 9 heavy (non-hydrogen) atoms. The van der Waals surface area contributed by atoms with Crippen LogP contribution in [0.3, 0.4) is 0 Å². The van der Waals surface area contributed by atoms with E-state index in [1.807, 2.05) is 0 Å². The van der Waals surface area contributed by atoms with Gasteiger partial charge in [-0.1, -0.05) is 10.3 Å². The highest BCUT2D eigenvalue weighted by Crippen LogP contribution is 2.04. The van der Waals surface area contributed by atoms with Gasteiger partial charge in [0.15, 0.2) is 0 Å². The maximum atomic E-state index is 10.2. The number of nitrogens with zero attached hydrogens (tertiary/aromatic N) is 3. The lowest BCUT2D eigenvalue weighted by molar-refractivity contribution is -0.116. The van der Waals surface area contributed by atoms with Gasteiger partial charge < -0.3 is 0 Å². The first kappa shape index (κ1) is 6.15. The Bertz CT molecular complexity index is 189. The zero-order valence-electron chi connectivity index (χ0n) is 4.24. The Morgan fingerprint density at radius 1 is 1.78 bits per heavy atom. The summed E-state index contributed by atoms with van der Waals surface area (Å²) in [5.74, 6) is -0.455. The number of hydrogen-bond donors (Lipinski definition) is 0. The van der Waals surface area contributed by atoms with E-state index in [0.29, 0.717) is 0 Å². The summed E-state index contributed by atoms with van der Waals surface area (Å²) in [5, 5.41) is 6.18. The standard InChI is InChI=1S/C3H2ClN3O2/c4-3(9)7-1-2(8)5-6-7/h1H2. The van der Waals surface area contributed by atoms with Gasteiger partial charge in [0, 0.05) is 0 Å². The Kier molecular flexibility index (Phi) is 1.44. The summed E-state index contributed by atoms with van der Waals surface area (Å²) < 4.78 is 0. The molecule has 0 N–H and O–H groups in total. The van der Waals surface area contributed by atoms with Crippen LogP contribution in [0.1, 0.15) is 0 Å². The van der Waals surface area contributed by atoms with Crippen LogP contribution in [0, 0.1) is 0 Å². The summed E-state index contributed by atoms with van der Waals surface area (Å²) in [4.78, 5) is 20.4. The van der Waals surface area contributed by atoms with Gasteiger partial charge in [0.2, 0.25) is 0 Å². The average Bonchev–Trinajstić information content (AvgIpc) is 2.14. The second kappa shape index (κ2) is 2.10. The van der Waals surface area contributed by atoms with Crippen LogP contribution in [0.5, 0.6) is 0 Å². The molecule has 0 aromatic carbocycles. The minimum atomic E-state index is -0.787. The summed E-state index contributed by atoms with van der Waals surface area (Å²) in [6, 6.07) is 0. The van der Waals surface area contributed by atoms with E-state index < -0.39 is 11.3 Å². The molecule has 1 heterocycles. The molecule has 0 unspecified atom stereocenters. The van der Waals surface area contributed by atoms with Crippen LogP contribution in [-0.4, -0.2) is 22.8 Å². The van der Waals surface area contributed by atoms with Gasteiger partial charge in [-0.15, -0.1) is 0 Å². The summed E-state index contributed by atoms with van der Waals surface area (Å²) in [5.41, 5.74) is 0. The average molecular weight is 148 g/mol. The SMILES string of the molecule is O=C1CN(C(=O)Cl)N=N1. The number of halogens is 1. The Morgan fingerprint density at radius 2 is 2.44 bits per heavy atom. The molecule has 1 aliphatic rings. The Morgan fingerprint density at radius 3 is 2.67 bits per heavy atom. The van der Waals surface area contributed by atoms with Crippen LogP contribution >= 0.6 is 11.6 Å². The third-order valence-electron chi connectivity index (χ3n) is 0.752. The van der Waals surface area contributed by atoms with E-state index in [2.05, 4.69) is 10.3 Å². The van der Waals surface area contributed by atoms with Crippen LogP contribution in [-0.2, 0) is 4.79 Å². The van der Waals surface area contributed by atoms with Crippen molar-refractivity contribution in [2.75, 3.05) is 6.54 Å². The summed E-state index contributed by atoms with van der Waals surface area (Å²) >= 11 is 4.93. The monoisotopic (exact) mass is 147 g/mol. The molecule has 0 aromatic heterocycles. The lowest BCUT2D eigenvalue weighted by Gasteiger charge is -1.99. The van der Waals surface area contributed by atoms with E-state index in [4.69, 9.17) is 11.6 Å². The maximum absolute atomic E-state index is 10.2. The normalized spacial score (nSPS) is 17.0. The molecule has 48 valence electrons. The van der Waals surface area contributed by atoms with Gasteiger partial charge in [-0.2, -0.15) is 5.01 Å². The zero-order valence-corrected chi connectivity index (χ0v) is 5.00. The molecule has 0 saturated carbocycles. The van der Waals surface area contributed by atoms with Gasteiger partial charge in [-0.05, 0) is 11.6 Å². The number of rotatable bonds is 0. The molecule has 1 aliphatic heterocycles. The number of carbonyl (C=O) groups is 2. The number of carbonyl (C=O) groups excluding carboxylic acids is 2. The molecule has 0 aromatic rings. The van der Waals surface area contributed by atoms with Crippen molar-refractivity contribution in [1.29, 1.82) is 0 Å². The van der Waals surface area contributed by atoms with Crippen LogP contribution in [0.25, 0.3) is 0 Å². The Labute approximate surface area is 55.3 Å². The van der Waals surface area contributed by atoms with E-state index >= 15 is 0 Å². The van der Waals surface area contributed by atoms with Crippen molar-refractivity contribution < 1.29 is 9.59 Å². The molecule has 0 fully saturated rings. The molecule has 2 amide bonds. The largest absolute Gasteiger partial charge is 0.338 e. The third-order valence-corrected chi connectivity index (χ3v) is 0.947. The molecule has 0 bridgehead atoms. The van der Waals surface area contributed by atoms with Crippen molar-refractivity contribution in [3.8, 4) is 0 Å². The van der Waals surface area contributed by atoms with Crippen LogP contribution < -0.4 is 0 Å². The van der Waals surface area contributed by atoms with Crippen molar-refractivity contribution in [2.24, 2.45) is 10.3 Å². The Balaban J connectivity index is 2.60. The van der Waals surface area contributed by atoms with Crippen LogP contribution in [0.4, 0.5) is 4.79 Å². The Hall–Kier alpha value is -0.970. The molecule has 0 spiro atoms. The lowest BCUT2D eigenvalue weighted by atomic mass is 10.6. The highest BCUT2D eigenvalue weighted by molar-refractivity contribution is 6.62. The van der Waals surface area contributed by atoms with Crippen molar-refractivity contribution in [3.63, 3.8) is 0 Å². The molecular formula is C3H2ClN3O2. The van der Waals surface area contributed by atoms with E-state index in [0.717, 1.165) is 5.01 Å². The lowest BCUT2D eigenvalue weighted by Crippen LogP contribution is -2.19. The van der Waals surface area contributed by atoms with Crippen LogP contribution in [0.15, 0.2) is 10.3 Å².